The zero-order chi connectivity index (χ0) is 23.3. The second-order valence-electron chi connectivity index (χ2n) is 6.91. The van der Waals surface area contributed by atoms with Crippen LogP contribution in [0.3, 0.4) is 0 Å². The summed E-state index contributed by atoms with van der Waals surface area (Å²) in [4.78, 5) is 39.4. The van der Waals surface area contributed by atoms with E-state index in [4.69, 9.17) is 17.0 Å². The number of amides is 3. The smallest absolute Gasteiger partial charge is 0.269 e. The minimum absolute atomic E-state index is 0.0871. The molecule has 2 N–H and O–H groups in total. The number of carbonyl (C=O) groups excluding carboxylic acids is 3. The average molecular weight is 459 g/mol. The number of halogens is 1. The van der Waals surface area contributed by atoms with Crippen LogP contribution in [0.1, 0.15) is 30.6 Å². The van der Waals surface area contributed by atoms with Gasteiger partial charge in [-0.2, -0.15) is 0 Å². The molecular formula is C22H23FN4O4S. The second kappa shape index (κ2) is 10.2. The second-order valence-corrected chi connectivity index (χ2v) is 7.28. The summed E-state index contributed by atoms with van der Waals surface area (Å²) in [5, 5.41) is 4.03. The number of hydrogen-bond donors (Lipinski definition) is 2. The van der Waals surface area contributed by atoms with E-state index in [1.165, 1.54) is 22.0 Å². The average Bonchev–Trinajstić information content (AvgIpc) is 2.98. The molecule has 0 saturated carbocycles. The van der Waals surface area contributed by atoms with E-state index in [0.717, 1.165) is 12.1 Å². The van der Waals surface area contributed by atoms with Crippen molar-refractivity contribution in [3.63, 3.8) is 0 Å². The SMILES string of the molecule is CCOc1cccc(NC(=O)CC2C(=O)N(CC)C(=S)N2NC(=O)c2ccc(F)cc2)c1. The van der Waals surface area contributed by atoms with Gasteiger partial charge in [-0.15, -0.1) is 0 Å². The Bertz CT molecular complexity index is 1030. The monoisotopic (exact) mass is 458 g/mol. The number of nitrogens with zero attached hydrogens (tertiary/aromatic N) is 2. The summed E-state index contributed by atoms with van der Waals surface area (Å²) in [6.07, 6.45) is -0.238. The van der Waals surface area contributed by atoms with Gasteiger partial charge >= 0.3 is 0 Å². The number of nitrogens with one attached hydrogen (secondary N) is 2. The molecule has 1 aliphatic rings. The molecule has 0 radical (unpaired) electrons. The van der Waals surface area contributed by atoms with Crippen LogP contribution in [0.5, 0.6) is 5.75 Å². The van der Waals surface area contributed by atoms with Crippen LogP contribution in [0, 0.1) is 5.82 Å². The van der Waals surface area contributed by atoms with Crippen molar-refractivity contribution in [2.45, 2.75) is 26.3 Å². The van der Waals surface area contributed by atoms with Gasteiger partial charge in [-0.05, 0) is 62.5 Å². The molecule has 3 amide bonds. The van der Waals surface area contributed by atoms with Crippen LogP contribution in [0.15, 0.2) is 48.5 Å². The quantitative estimate of drug-likeness (QED) is 0.591. The summed E-state index contributed by atoms with van der Waals surface area (Å²) < 4.78 is 18.6. The Morgan fingerprint density at radius 1 is 1.16 bits per heavy atom. The minimum Gasteiger partial charge on any atom is -0.494 e. The lowest BCUT2D eigenvalue weighted by molar-refractivity contribution is -0.130. The lowest BCUT2D eigenvalue weighted by Gasteiger charge is -2.24. The van der Waals surface area contributed by atoms with Crippen LogP contribution in [0.2, 0.25) is 0 Å². The maximum absolute atomic E-state index is 13.2. The molecule has 8 nitrogen and oxygen atoms in total. The molecule has 3 rings (SSSR count). The number of ether oxygens (including phenoxy) is 1. The maximum atomic E-state index is 13.2. The van der Waals surface area contributed by atoms with Crippen LogP contribution in [-0.2, 0) is 9.59 Å². The zero-order valence-electron chi connectivity index (χ0n) is 17.6. The first kappa shape index (κ1) is 23.1. The van der Waals surface area contributed by atoms with E-state index in [1.807, 2.05) is 6.92 Å². The van der Waals surface area contributed by atoms with Crippen LogP contribution in [-0.4, -0.2) is 51.9 Å². The molecule has 1 fully saturated rings. The van der Waals surface area contributed by atoms with Crippen LogP contribution in [0.4, 0.5) is 10.1 Å². The Morgan fingerprint density at radius 3 is 2.53 bits per heavy atom. The van der Waals surface area contributed by atoms with E-state index < -0.39 is 29.6 Å². The normalized spacial score (nSPS) is 15.7. The summed E-state index contributed by atoms with van der Waals surface area (Å²) in [7, 11) is 0. The molecule has 1 heterocycles. The molecule has 0 spiro atoms. The first-order valence-electron chi connectivity index (χ1n) is 10.1. The highest BCUT2D eigenvalue weighted by atomic mass is 32.1. The standard InChI is InChI=1S/C22H23FN4O4S/c1-3-26-21(30)18(13-19(28)24-16-6-5-7-17(12-16)31-4-2)27(22(26)32)25-20(29)14-8-10-15(23)11-9-14/h5-12,18H,3-4,13H2,1-2H3,(H,24,28)(H,25,29). The third-order valence-electron chi connectivity index (χ3n) is 4.75. The molecule has 168 valence electrons. The number of hydrogen-bond acceptors (Lipinski definition) is 5. The molecule has 2 aromatic carbocycles. The number of thiocarbonyl (C=S) groups is 1. The first-order valence-corrected chi connectivity index (χ1v) is 10.5. The van der Waals surface area contributed by atoms with Gasteiger partial charge in [0.2, 0.25) is 5.91 Å². The molecule has 1 saturated heterocycles. The fourth-order valence-corrected chi connectivity index (χ4v) is 3.63. The van der Waals surface area contributed by atoms with E-state index in [0.29, 0.717) is 18.0 Å². The number of benzene rings is 2. The Kier molecular flexibility index (Phi) is 7.37. The van der Waals surface area contributed by atoms with Crippen LogP contribution < -0.4 is 15.5 Å². The fraction of sp³-hybridized carbons (Fsp3) is 0.273. The molecule has 10 heteroatoms. The molecule has 1 aliphatic heterocycles. The van der Waals surface area contributed by atoms with Gasteiger partial charge in [0.25, 0.3) is 11.8 Å². The third-order valence-corrected chi connectivity index (χ3v) is 5.17. The highest BCUT2D eigenvalue weighted by molar-refractivity contribution is 7.80. The number of likely N-dealkylation sites (N-methyl/N-ethyl adjacent to an activating group) is 1. The van der Waals surface area contributed by atoms with Gasteiger partial charge in [-0.3, -0.25) is 24.7 Å². The number of hydrazine groups is 1. The topological polar surface area (TPSA) is 91.0 Å². The molecular weight excluding hydrogens is 435 g/mol. The highest BCUT2D eigenvalue weighted by Crippen LogP contribution is 2.21. The number of anilines is 1. The van der Waals surface area contributed by atoms with E-state index in [-0.39, 0.29) is 23.6 Å². The lowest BCUT2D eigenvalue weighted by Crippen LogP contribution is -2.49. The Hall–Kier alpha value is -3.53. The fourth-order valence-electron chi connectivity index (χ4n) is 3.24. The highest BCUT2D eigenvalue weighted by Gasteiger charge is 2.43. The van der Waals surface area contributed by atoms with Crippen LogP contribution in [0.25, 0.3) is 0 Å². The lowest BCUT2D eigenvalue weighted by atomic mass is 10.1. The van der Waals surface area contributed by atoms with Gasteiger partial charge in [0.05, 0.1) is 13.0 Å². The van der Waals surface area contributed by atoms with Gasteiger partial charge in [-0.1, -0.05) is 6.07 Å². The van der Waals surface area contributed by atoms with Gasteiger partial charge in [0, 0.05) is 23.9 Å². The van der Waals surface area contributed by atoms with Crippen molar-refractivity contribution < 1.29 is 23.5 Å². The number of carbonyl (C=O) groups is 3. The maximum Gasteiger partial charge on any atom is 0.269 e. The summed E-state index contributed by atoms with van der Waals surface area (Å²) in [5.41, 5.74) is 3.28. The van der Waals surface area contributed by atoms with Crippen molar-refractivity contribution >= 4 is 40.7 Å². The van der Waals surface area contributed by atoms with Crippen LogP contribution >= 0.6 is 12.2 Å². The molecule has 0 bridgehead atoms. The van der Waals surface area contributed by atoms with Gasteiger partial charge in [-0.25, -0.2) is 9.40 Å². The van der Waals surface area contributed by atoms with Crippen molar-refractivity contribution in [3.8, 4) is 5.75 Å². The summed E-state index contributed by atoms with van der Waals surface area (Å²) in [5.74, 6) is -1.27. The van der Waals surface area contributed by atoms with Crippen molar-refractivity contribution in [2.75, 3.05) is 18.5 Å². The predicted octanol–water partition coefficient (Wildman–Crippen LogP) is 2.72. The van der Waals surface area contributed by atoms with E-state index >= 15 is 0 Å². The van der Waals surface area contributed by atoms with E-state index in [1.54, 1.807) is 31.2 Å². The van der Waals surface area contributed by atoms with E-state index in [9.17, 15) is 18.8 Å². The first-order chi connectivity index (χ1) is 15.3. The summed E-state index contributed by atoms with van der Waals surface area (Å²) in [6, 6.07) is 10.8. The molecule has 2 aromatic rings. The number of rotatable bonds is 8. The third kappa shape index (κ3) is 5.20. The summed E-state index contributed by atoms with van der Waals surface area (Å²) in [6.45, 7) is 4.37. The summed E-state index contributed by atoms with van der Waals surface area (Å²) >= 11 is 5.34. The van der Waals surface area contributed by atoms with Crippen molar-refractivity contribution in [1.29, 1.82) is 0 Å². The molecule has 0 aromatic heterocycles. The molecule has 32 heavy (non-hydrogen) atoms. The Morgan fingerprint density at radius 2 is 1.88 bits per heavy atom. The molecule has 1 atom stereocenters. The Balaban J connectivity index is 1.74. The van der Waals surface area contributed by atoms with Gasteiger partial charge in [0.1, 0.15) is 17.6 Å². The minimum atomic E-state index is -1.01. The van der Waals surface area contributed by atoms with Gasteiger partial charge < -0.3 is 10.1 Å². The largest absolute Gasteiger partial charge is 0.494 e. The van der Waals surface area contributed by atoms with Crippen molar-refractivity contribution in [3.05, 3.63) is 59.9 Å². The van der Waals surface area contributed by atoms with Crippen molar-refractivity contribution in [1.82, 2.24) is 15.3 Å². The van der Waals surface area contributed by atoms with Crippen molar-refractivity contribution in [2.24, 2.45) is 0 Å². The molecule has 0 aliphatic carbocycles. The van der Waals surface area contributed by atoms with Gasteiger partial charge in [0.15, 0.2) is 5.11 Å². The predicted molar refractivity (Wildman–Crippen MR) is 120 cm³/mol. The zero-order valence-corrected chi connectivity index (χ0v) is 18.4. The molecule has 1 unspecified atom stereocenters. The van der Waals surface area contributed by atoms with E-state index in [2.05, 4.69) is 10.7 Å². The Labute approximate surface area is 190 Å².